The van der Waals surface area contributed by atoms with Crippen molar-refractivity contribution < 1.29 is 18.6 Å². The zero-order valence-electron chi connectivity index (χ0n) is 17.6. The fourth-order valence-electron chi connectivity index (χ4n) is 4.50. The van der Waals surface area contributed by atoms with Gasteiger partial charge < -0.3 is 9.84 Å². The molecular weight excluding hydrogens is 402 g/mol. The topological polar surface area (TPSA) is 64.3 Å². The highest BCUT2D eigenvalue weighted by molar-refractivity contribution is 5.83. The molecule has 5 nitrogen and oxygen atoms in total. The van der Waals surface area contributed by atoms with Gasteiger partial charge in [-0.05, 0) is 73.6 Å². The Morgan fingerprint density at radius 2 is 1.97 bits per heavy atom. The smallest absolute Gasteiger partial charge is 0.387 e. The van der Waals surface area contributed by atoms with Crippen LogP contribution in [0.5, 0.6) is 5.75 Å². The Morgan fingerprint density at radius 3 is 2.71 bits per heavy atom. The van der Waals surface area contributed by atoms with Crippen molar-refractivity contribution in [3.63, 3.8) is 0 Å². The summed E-state index contributed by atoms with van der Waals surface area (Å²) in [6.07, 6.45) is 4.86. The number of aliphatic hydroxyl groups is 1. The predicted molar refractivity (Wildman–Crippen MR) is 115 cm³/mol. The third-order valence-electron chi connectivity index (χ3n) is 6.32. The van der Waals surface area contributed by atoms with Gasteiger partial charge in [0.15, 0.2) is 0 Å². The van der Waals surface area contributed by atoms with Gasteiger partial charge in [-0.25, -0.2) is 4.98 Å². The summed E-state index contributed by atoms with van der Waals surface area (Å²) in [6.45, 7) is 1.03. The van der Waals surface area contributed by atoms with E-state index in [1.54, 1.807) is 23.0 Å². The van der Waals surface area contributed by atoms with E-state index in [2.05, 4.69) is 9.72 Å². The Bertz CT molecular complexity index is 1160. The predicted octanol–water partition coefficient (Wildman–Crippen LogP) is 4.68. The molecule has 2 atom stereocenters. The third-order valence-corrected chi connectivity index (χ3v) is 6.32. The highest BCUT2D eigenvalue weighted by Gasteiger charge is 2.26. The maximum Gasteiger partial charge on any atom is 0.387 e. The van der Waals surface area contributed by atoms with Crippen LogP contribution >= 0.6 is 0 Å². The lowest BCUT2D eigenvalue weighted by Gasteiger charge is -2.29. The molecule has 7 heteroatoms. The average Bonchev–Trinajstić information content (AvgIpc) is 2.73. The first-order chi connectivity index (χ1) is 14.8. The molecule has 0 amide bonds. The number of fused-ring (bicyclic) bond motifs is 1. The van der Waals surface area contributed by atoms with E-state index in [9.17, 15) is 18.7 Å². The molecular formula is C24H26F2N2O3. The number of hydrogen-bond acceptors (Lipinski definition) is 4. The zero-order chi connectivity index (χ0) is 22.1. The van der Waals surface area contributed by atoms with Crippen LogP contribution in [0.25, 0.3) is 10.9 Å². The fourth-order valence-corrected chi connectivity index (χ4v) is 4.50. The molecule has 0 saturated heterocycles. The van der Waals surface area contributed by atoms with Crippen LogP contribution in [-0.2, 0) is 6.42 Å². The molecule has 0 radical (unpaired) electrons. The summed E-state index contributed by atoms with van der Waals surface area (Å²) in [4.78, 5) is 17.9. The fraction of sp³-hybridized carbons (Fsp3) is 0.417. The summed E-state index contributed by atoms with van der Waals surface area (Å²) >= 11 is 0. The lowest BCUT2D eigenvalue weighted by Crippen LogP contribution is -2.34. The lowest BCUT2D eigenvalue weighted by molar-refractivity contribution is -0.0498. The van der Waals surface area contributed by atoms with E-state index in [4.69, 9.17) is 0 Å². The molecule has 0 bridgehead atoms. The Labute approximate surface area is 179 Å². The molecule has 1 N–H and O–H groups in total. The average molecular weight is 428 g/mol. The van der Waals surface area contributed by atoms with E-state index in [0.717, 1.165) is 41.5 Å². The van der Waals surface area contributed by atoms with E-state index in [1.807, 2.05) is 26.0 Å². The first-order valence-corrected chi connectivity index (χ1v) is 10.6. The molecule has 1 heterocycles. The number of aryl methyl sites for hydroxylation is 1. The Morgan fingerprint density at radius 1 is 1.19 bits per heavy atom. The van der Waals surface area contributed by atoms with Gasteiger partial charge in [-0.1, -0.05) is 25.0 Å². The summed E-state index contributed by atoms with van der Waals surface area (Å²) in [5.74, 6) is 0.109. The van der Waals surface area contributed by atoms with Crippen LogP contribution in [0.1, 0.15) is 54.0 Å². The first-order valence-electron chi connectivity index (χ1n) is 10.6. The molecule has 31 heavy (non-hydrogen) atoms. The Hall–Kier alpha value is -2.80. The second-order valence-corrected chi connectivity index (χ2v) is 8.26. The number of nitrogens with zero attached hydrogens (tertiary/aromatic N) is 2. The number of aliphatic hydroxyl groups excluding tert-OH is 1. The van der Waals surface area contributed by atoms with Gasteiger partial charge in [-0.15, -0.1) is 0 Å². The summed E-state index contributed by atoms with van der Waals surface area (Å²) in [7, 11) is 0. The first kappa shape index (κ1) is 21.4. The molecule has 1 aromatic heterocycles. The quantitative estimate of drug-likeness (QED) is 0.641. The van der Waals surface area contributed by atoms with E-state index >= 15 is 0 Å². The van der Waals surface area contributed by atoms with Crippen LogP contribution in [0.15, 0.2) is 41.5 Å². The molecule has 1 fully saturated rings. The van der Waals surface area contributed by atoms with Crippen molar-refractivity contribution in [2.24, 2.45) is 0 Å². The number of benzene rings is 2. The summed E-state index contributed by atoms with van der Waals surface area (Å²) in [5.41, 5.74) is 4.17. The second kappa shape index (κ2) is 8.75. The third kappa shape index (κ3) is 4.32. The van der Waals surface area contributed by atoms with Crippen molar-refractivity contribution in [1.82, 2.24) is 9.55 Å². The SMILES string of the molecule is Cc1c(Cc2cccc(OC(F)F)c2)cc2c(=O)n([C@H]3CCCC[C@@H]3O)cnc2c1C. The van der Waals surface area contributed by atoms with Gasteiger partial charge in [-0.2, -0.15) is 8.78 Å². The van der Waals surface area contributed by atoms with Crippen molar-refractivity contribution >= 4 is 10.9 Å². The lowest BCUT2D eigenvalue weighted by atomic mass is 9.92. The number of halogens is 2. The van der Waals surface area contributed by atoms with Crippen LogP contribution in [0.4, 0.5) is 8.78 Å². The van der Waals surface area contributed by atoms with Gasteiger partial charge in [0.25, 0.3) is 5.56 Å². The number of rotatable bonds is 5. The molecule has 3 aromatic rings. The van der Waals surface area contributed by atoms with Gasteiger partial charge in [-0.3, -0.25) is 9.36 Å². The van der Waals surface area contributed by atoms with E-state index in [0.29, 0.717) is 23.7 Å². The molecule has 1 aliphatic rings. The number of alkyl halides is 2. The van der Waals surface area contributed by atoms with Gasteiger partial charge in [0.05, 0.1) is 29.4 Å². The van der Waals surface area contributed by atoms with Crippen molar-refractivity contribution in [1.29, 1.82) is 0 Å². The maximum absolute atomic E-state index is 13.3. The normalized spacial score (nSPS) is 19.2. The van der Waals surface area contributed by atoms with Crippen LogP contribution < -0.4 is 10.3 Å². The standard InChI is InChI=1S/C24H26F2N2O3/c1-14-15(2)22-19(23(30)28(13-27-22)20-8-3-4-9-21(20)29)12-17(14)10-16-6-5-7-18(11-16)31-24(25)26/h5-7,11-13,20-21,24,29H,3-4,8-10H2,1-2H3/t20-,21-/m0/s1. The molecule has 4 rings (SSSR count). The summed E-state index contributed by atoms with van der Waals surface area (Å²) in [5, 5.41) is 10.9. The molecule has 0 unspecified atom stereocenters. The van der Waals surface area contributed by atoms with Crippen molar-refractivity contribution in [2.75, 3.05) is 0 Å². The maximum atomic E-state index is 13.3. The molecule has 1 aliphatic carbocycles. The van der Waals surface area contributed by atoms with Gasteiger partial charge in [0, 0.05) is 0 Å². The number of ether oxygens (including phenoxy) is 1. The van der Waals surface area contributed by atoms with Crippen LogP contribution in [0, 0.1) is 13.8 Å². The van der Waals surface area contributed by atoms with E-state index in [-0.39, 0.29) is 17.4 Å². The van der Waals surface area contributed by atoms with Crippen LogP contribution in [-0.4, -0.2) is 27.4 Å². The van der Waals surface area contributed by atoms with Crippen LogP contribution in [0.3, 0.4) is 0 Å². The molecule has 0 aliphatic heterocycles. The number of aromatic nitrogens is 2. The van der Waals surface area contributed by atoms with Crippen LogP contribution in [0.2, 0.25) is 0 Å². The summed E-state index contributed by atoms with van der Waals surface area (Å²) < 4.78 is 31.2. The minimum atomic E-state index is -2.88. The van der Waals surface area contributed by atoms with Gasteiger partial charge in [0.1, 0.15) is 5.75 Å². The zero-order valence-corrected chi connectivity index (χ0v) is 17.6. The molecule has 164 valence electrons. The van der Waals surface area contributed by atoms with E-state index < -0.39 is 12.7 Å². The summed E-state index contributed by atoms with van der Waals surface area (Å²) in [6, 6.07) is 8.19. The largest absolute Gasteiger partial charge is 0.435 e. The molecule has 0 spiro atoms. The molecule has 2 aromatic carbocycles. The highest BCUT2D eigenvalue weighted by atomic mass is 19.3. The van der Waals surface area contributed by atoms with Gasteiger partial charge in [0.2, 0.25) is 0 Å². The van der Waals surface area contributed by atoms with Crippen molar-refractivity contribution in [2.45, 2.75) is 64.7 Å². The van der Waals surface area contributed by atoms with Crippen molar-refractivity contribution in [3.8, 4) is 5.75 Å². The minimum absolute atomic E-state index is 0.109. The van der Waals surface area contributed by atoms with E-state index in [1.165, 1.54) is 6.07 Å². The highest BCUT2D eigenvalue weighted by Crippen LogP contribution is 2.29. The molecule has 1 saturated carbocycles. The Kier molecular flexibility index (Phi) is 6.05. The van der Waals surface area contributed by atoms with Gasteiger partial charge >= 0.3 is 6.61 Å². The Balaban J connectivity index is 1.75. The monoisotopic (exact) mass is 428 g/mol. The minimum Gasteiger partial charge on any atom is -0.435 e. The second-order valence-electron chi connectivity index (χ2n) is 8.26. The van der Waals surface area contributed by atoms with Crippen molar-refractivity contribution in [3.05, 3.63) is 69.3 Å². The number of hydrogen-bond donors (Lipinski definition) is 1.